The number of likely N-dealkylation sites (N-methyl/N-ethyl adjacent to an activating group) is 1. The quantitative estimate of drug-likeness (QED) is 0.896. The third kappa shape index (κ3) is 2.73. The van der Waals surface area contributed by atoms with Crippen LogP contribution in [0, 0.1) is 6.92 Å². The van der Waals surface area contributed by atoms with Crippen molar-refractivity contribution in [2.45, 2.75) is 46.1 Å². The fourth-order valence-corrected chi connectivity index (χ4v) is 2.53. The predicted octanol–water partition coefficient (Wildman–Crippen LogP) is 2.02. The topological polar surface area (TPSA) is 58.3 Å². The first-order chi connectivity index (χ1) is 9.22. The van der Waals surface area contributed by atoms with Gasteiger partial charge >= 0.3 is 0 Å². The second-order valence-corrected chi connectivity index (χ2v) is 6.73. The molecule has 2 rings (SSSR count). The molecule has 5 nitrogen and oxygen atoms in total. The molecule has 0 aliphatic carbocycles. The van der Waals surface area contributed by atoms with Crippen molar-refractivity contribution < 1.29 is 0 Å². The van der Waals surface area contributed by atoms with Gasteiger partial charge in [0, 0.05) is 36.7 Å². The van der Waals surface area contributed by atoms with E-state index in [4.69, 9.17) is 10.7 Å². The summed E-state index contributed by atoms with van der Waals surface area (Å²) in [4.78, 5) is 13.9. The van der Waals surface area contributed by atoms with Crippen LogP contribution < -0.4 is 10.6 Å². The van der Waals surface area contributed by atoms with Gasteiger partial charge < -0.3 is 10.6 Å². The lowest BCUT2D eigenvalue weighted by Crippen LogP contribution is -2.58. The third-order valence-corrected chi connectivity index (χ3v) is 4.31. The summed E-state index contributed by atoms with van der Waals surface area (Å²) >= 11 is 0. The fraction of sp³-hybridized carbons (Fsp3) is 0.733. The number of nitrogen functional groups attached to an aromatic ring is 1. The van der Waals surface area contributed by atoms with E-state index in [1.54, 1.807) is 0 Å². The van der Waals surface area contributed by atoms with Gasteiger partial charge in [0.15, 0.2) is 0 Å². The van der Waals surface area contributed by atoms with Gasteiger partial charge in [-0.15, -0.1) is 0 Å². The minimum atomic E-state index is 0.141. The normalized spacial score (nSPS) is 19.6. The molecule has 1 fully saturated rings. The van der Waals surface area contributed by atoms with E-state index >= 15 is 0 Å². The Hall–Kier alpha value is -1.36. The molecule has 1 aliphatic heterocycles. The molecular weight excluding hydrogens is 250 g/mol. The summed E-state index contributed by atoms with van der Waals surface area (Å²) < 4.78 is 0. The van der Waals surface area contributed by atoms with Crippen molar-refractivity contribution in [1.29, 1.82) is 0 Å². The van der Waals surface area contributed by atoms with Crippen LogP contribution in [-0.2, 0) is 0 Å². The van der Waals surface area contributed by atoms with Gasteiger partial charge in [0.25, 0.3) is 0 Å². The maximum Gasteiger partial charge on any atom is 0.137 e. The number of nitrogens with two attached hydrogens (primary N) is 1. The van der Waals surface area contributed by atoms with Crippen molar-refractivity contribution in [3.05, 3.63) is 11.4 Å². The molecule has 1 aromatic heterocycles. The molecule has 0 saturated carbocycles. The minimum Gasteiger partial charge on any atom is -0.383 e. The Kier molecular flexibility index (Phi) is 3.91. The van der Waals surface area contributed by atoms with Crippen molar-refractivity contribution in [2.75, 3.05) is 37.3 Å². The van der Waals surface area contributed by atoms with Crippen molar-refractivity contribution in [1.82, 2.24) is 14.9 Å². The standard InChI is InChI=1S/C15H27N5/c1-10(2)13-17-12(16)11(3)14(18-13)20-8-7-19(6)15(4,5)9-20/h10H,7-9H2,1-6H3,(H2,16,17,18). The van der Waals surface area contributed by atoms with Crippen molar-refractivity contribution in [3.8, 4) is 0 Å². The third-order valence-electron chi connectivity index (χ3n) is 4.31. The zero-order valence-electron chi connectivity index (χ0n) is 13.6. The lowest BCUT2D eigenvalue weighted by Gasteiger charge is -2.46. The molecule has 0 radical (unpaired) electrons. The maximum absolute atomic E-state index is 6.07. The molecule has 0 amide bonds. The Morgan fingerprint density at radius 2 is 1.85 bits per heavy atom. The van der Waals surface area contributed by atoms with Gasteiger partial charge in [0.2, 0.25) is 0 Å². The molecule has 0 atom stereocenters. The smallest absolute Gasteiger partial charge is 0.137 e. The average Bonchev–Trinajstić information content (AvgIpc) is 2.35. The Bertz CT molecular complexity index is 495. The number of anilines is 2. The molecule has 1 aliphatic rings. The molecule has 0 spiro atoms. The van der Waals surface area contributed by atoms with E-state index in [9.17, 15) is 0 Å². The maximum atomic E-state index is 6.07. The Balaban J connectivity index is 2.37. The van der Waals surface area contributed by atoms with Crippen LogP contribution >= 0.6 is 0 Å². The molecule has 1 aromatic rings. The zero-order valence-corrected chi connectivity index (χ0v) is 13.6. The van der Waals surface area contributed by atoms with Crippen molar-refractivity contribution >= 4 is 11.6 Å². The summed E-state index contributed by atoms with van der Waals surface area (Å²) in [6, 6.07) is 0. The highest BCUT2D eigenvalue weighted by atomic mass is 15.3. The van der Waals surface area contributed by atoms with Crippen LogP contribution in [-0.4, -0.2) is 47.1 Å². The summed E-state index contributed by atoms with van der Waals surface area (Å²) in [5.74, 6) is 2.73. The summed E-state index contributed by atoms with van der Waals surface area (Å²) in [6.07, 6.45) is 0. The summed E-state index contributed by atoms with van der Waals surface area (Å²) in [5, 5.41) is 0. The van der Waals surface area contributed by atoms with E-state index in [-0.39, 0.29) is 11.5 Å². The first kappa shape index (κ1) is 15.0. The van der Waals surface area contributed by atoms with Crippen LogP contribution in [0.2, 0.25) is 0 Å². The number of nitrogens with zero attached hydrogens (tertiary/aromatic N) is 4. The molecule has 1 saturated heterocycles. The summed E-state index contributed by atoms with van der Waals surface area (Å²) in [6.45, 7) is 13.7. The fourth-order valence-electron chi connectivity index (χ4n) is 2.53. The van der Waals surface area contributed by atoms with Crippen molar-refractivity contribution in [3.63, 3.8) is 0 Å². The number of piperazine rings is 1. The predicted molar refractivity (Wildman–Crippen MR) is 84.2 cm³/mol. The summed E-state index contributed by atoms with van der Waals surface area (Å²) in [7, 11) is 2.18. The number of rotatable bonds is 2. The first-order valence-corrected chi connectivity index (χ1v) is 7.32. The highest BCUT2D eigenvalue weighted by Crippen LogP contribution is 2.28. The van der Waals surface area contributed by atoms with Gasteiger partial charge in [0.1, 0.15) is 17.5 Å². The van der Waals surface area contributed by atoms with Gasteiger partial charge in [-0.25, -0.2) is 9.97 Å². The highest BCUT2D eigenvalue weighted by Gasteiger charge is 2.32. The second-order valence-electron chi connectivity index (χ2n) is 6.73. The van der Waals surface area contributed by atoms with Crippen LogP contribution in [0.15, 0.2) is 0 Å². The van der Waals surface area contributed by atoms with E-state index in [2.05, 4.69) is 49.5 Å². The Morgan fingerprint density at radius 1 is 1.20 bits per heavy atom. The Labute approximate surface area is 122 Å². The van der Waals surface area contributed by atoms with E-state index in [0.29, 0.717) is 5.82 Å². The molecule has 112 valence electrons. The zero-order chi connectivity index (χ0) is 15.1. The van der Waals surface area contributed by atoms with E-state index in [1.165, 1.54) is 0 Å². The lowest BCUT2D eigenvalue weighted by molar-refractivity contribution is 0.138. The van der Waals surface area contributed by atoms with E-state index in [1.807, 2.05) is 6.92 Å². The van der Waals surface area contributed by atoms with Crippen LogP contribution in [0.25, 0.3) is 0 Å². The highest BCUT2D eigenvalue weighted by molar-refractivity contribution is 5.57. The van der Waals surface area contributed by atoms with Crippen LogP contribution in [0.5, 0.6) is 0 Å². The molecule has 0 bridgehead atoms. The van der Waals surface area contributed by atoms with Gasteiger partial charge in [-0.2, -0.15) is 0 Å². The molecule has 0 aromatic carbocycles. The Morgan fingerprint density at radius 3 is 2.40 bits per heavy atom. The number of hydrogen-bond donors (Lipinski definition) is 1. The average molecular weight is 277 g/mol. The molecule has 2 N–H and O–H groups in total. The van der Waals surface area contributed by atoms with Gasteiger partial charge in [0.05, 0.1) is 0 Å². The van der Waals surface area contributed by atoms with Crippen LogP contribution in [0.1, 0.15) is 45.0 Å². The number of aromatic nitrogens is 2. The first-order valence-electron chi connectivity index (χ1n) is 7.32. The second kappa shape index (κ2) is 5.20. The monoisotopic (exact) mass is 277 g/mol. The number of hydrogen-bond acceptors (Lipinski definition) is 5. The lowest BCUT2D eigenvalue weighted by atomic mass is 9.99. The molecule has 5 heteroatoms. The van der Waals surface area contributed by atoms with E-state index in [0.717, 1.165) is 36.8 Å². The molecule has 0 unspecified atom stereocenters. The summed E-state index contributed by atoms with van der Waals surface area (Å²) in [5.41, 5.74) is 7.21. The van der Waals surface area contributed by atoms with Crippen LogP contribution in [0.3, 0.4) is 0 Å². The SMILES string of the molecule is Cc1c(N)nc(C(C)C)nc1N1CCN(C)C(C)(C)C1. The molecule has 20 heavy (non-hydrogen) atoms. The van der Waals surface area contributed by atoms with Crippen molar-refractivity contribution in [2.24, 2.45) is 0 Å². The van der Waals surface area contributed by atoms with Crippen LogP contribution in [0.4, 0.5) is 11.6 Å². The largest absolute Gasteiger partial charge is 0.383 e. The molecule has 2 heterocycles. The molecular formula is C15H27N5. The minimum absolute atomic E-state index is 0.141. The van der Waals surface area contributed by atoms with Gasteiger partial charge in [-0.1, -0.05) is 13.8 Å². The van der Waals surface area contributed by atoms with Gasteiger partial charge in [-0.3, -0.25) is 4.90 Å². The van der Waals surface area contributed by atoms with E-state index < -0.39 is 0 Å². The van der Waals surface area contributed by atoms with Gasteiger partial charge in [-0.05, 0) is 27.8 Å².